The van der Waals surface area contributed by atoms with E-state index in [-0.39, 0.29) is 27.9 Å². The Morgan fingerprint density at radius 1 is 1.12 bits per heavy atom. The summed E-state index contributed by atoms with van der Waals surface area (Å²) >= 11 is 12.3. The molecule has 13 heteroatoms. The van der Waals surface area contributed by atoms with E-state index in [2.05, 4.69) is 20.5 Å². The average molecular weight is 515 g/mol. The highest BCUT2D eigenvalue weighted by molar-refractivity contribution is 6.37. The normalized spacial score (nSPS) is 11.9. The summed E-state index contributed by atoms with van der Waals surface area (Å²) in [6, 6.07) is 4.79. The number of aryl methyl sites for hydroxylation is 2. The van der Waals surface area contributed by atoms with Crippen molar-refractivity contribution in [1.82, 2.24) is 24.4 Å². The first-order valence-corrected chi connectivity index (χ1v) is 10.5. The summed E-state index contributed by atoms with van der Waals surface area (Å²) in [5, 5.41) is 10.7. The lowest BCUT2D eigenvalue weighted by atomic mass is 10.2. The predicted octanol–water partition coefficient (Wildman–Crippen LogP) is 5.62. The van der Waals surface area contributed by atoms with Crippen molar-refractivity contribution >= 4 is 40.4 Å². The number of carbonyl (C=O) groups is 1. The molecule has 0 aliphatic carbocycles. The van der Waals surface area contributed by atoms with Gasteiger partial charge >= 0.3 is 6.18 Å². The molecule has 0 saturated carbocycles. The number of rotatable bonds is 4. The van der Waals surface area contributed by atoms with Crippen LogP contribution in [0.2, 0.25) is 10.0 Å². The van der Waals surface area contributed by atoms with E-state index in [0.717, 1.165) is 6.07 Å². The van der Waals surface area contributed by atoms with Crippen LogP contribution in [0.4, 0.5) is 23.2 Å². The van der Waals surface area contributed by atoms with Gasteiger partial charge in [0.2, 0.25) is 0 Å². The van der Waals surface area contributed by atoms with Crippen LogP contribution in [0.1, 0.15) is 38.8 Å². The molecule has 0 fully saturated rings. The maximum Gasteiger partial charge on any atom is 0.433 e. The topological polar surface area (TPSA) is 77.1 Å². The number of hydrogen-bond acceptors (Lipinski definition) is 4. The molecule has 7 nitrogen and oxygen atoms in total. The van der Waals surface area contributed by atoms with Gasteiger partial charge in [0.1, 0.15) is 16.5 Å². The molecule has 4 rings (SSSR count). The molecule has 0 radical (unpaired) electrons. The van der Waals surface area contributed by atoms with Gasteiger partial charge in [0.15, 0.2) is 11.3 Å². The fraction of sp³-hybridized carbons (Fsp3) is 0.238. The predicted molar refractivity (Wildman–Crippen MR) is 118 cm³/mol. The van der Waals surface area contributed by atoms with Crippen LogP contribution >= 0.6 is 23.2 Å². The van der Waals surface area contributed by atoms with Gasteiger partial charge < -0.3 is 5.32 Å². The minimum atomic E-state index is -4.73. The molecule has 0 unspecified atom stereocenters. The van der Waals surface area contributed by atoms with Crippen molar-refractivity contribution < 1.29 is 22.4 Å². The van der Waals surface area contributed by atoms with Crippen LogP contribution in [0.15, 0.2) is 24.3 Å². The minimum absolute atomic E-state index is 0.0704. The molecule has 4 aromatic rings. The van der Waals surface area contributed by atoms with E-state index in [1.165, 1.54) is 25.1 Å². The largest absolute Gasteiger partial charge is 0.433 e. The quantitative estimate of drug-likeness (QED) is 0.358. The minimum Gasteiger partial charge on any atom is -0.317 e. The van der Waals surface area contributed by atoms with Gasteiger partial charge in [0.25, 0.3) is 5.91 Å². The highest BCUT2D eigenvalue weighted by atomic mass is 35.5. The number of nitrogens with one attached hydrogen (secondary N) is 1. The van der Waals surface area contributed by atoms with Crippen LogP contribution in [0, 0.1) is 26.6 Å². The molecule has 0 aliphatic rings. The Labute approximate surface area is 200 Å². The van der Waals surface area contributed by atoms with Gasteiger partial charge in [-0.15, -0.1) is 0 Å². The zero-order valence-corrected chi connectivity index (χ0v) is 19.4. The van der Waals surface area contributed by atoms with Crippen molar-refractivity contribution in [2.45, 2.75) is 33.5 Å². The zero-order chi connectivity index (χ0) is 24.9. The molecule has 3 heterocycles. The van der Waals surface area contributed by atoms with Crippen molar-refractivity contribution in [1.29, 1.82) is 0 Å². The lowest BCUT2D eigenvalue weighted by Crippen LogP contribution is -2.16. The first kappa shape index (κ1) is 24.0. The number of fused-ring (bicyclic) bond motifs is 1. The van der Waals surface area contributed by atoms with Gasteiger partial charge in [-0.2, -0.15) is 23.4 Å². The fourth-order valence-corrected chi connectivity index (χ4v) is 3.95. The second kappa shape index (κ2) is 8.55. The Morgan fingerprint density at radius 3 is 2.47 bits per heavy atom. The summed E-state index contributed by atoms with van der Waals surface area (Å²) in [7, 11) is 0. The highest BCUT2D eigenvalue weighted by Crippen LogP contribution is 2.33. The monoisotopic (exact) mass is 514 g/mol. The van der Waals surface area contributed by atoms with Crippen LogP contribution < -0.4 is 5.32 Å². The SMILES string of the molecule is Cc1cc(C(F)(F)F)n2nc(C(=O)Nc3c(C)nn(Cc4ccc(F)cc4Cl)c3C)c(Cl)c2n1. The first-order chi connectivity index (χ1) is 15.9. The van der Waals surface area contributed by atoms with E-state index in [0.29, 0.717) is 27.2 Å². The van der Waals surface area contributed by atoms with Crippen LogP contribution in [-0.2, 0) is 12.7 Å². The summed E-state index contributed by atoms with van der Waals surface area (Å²) < 4.78 is 55.7. The third kappa shape index (κ3) is 4.32. The number of anilines is 1. The van der Waals surface area contributed by atoms with E-state index in [4.69, 9.17) is 23.2 Å². The van der Waals surface area contributed by atoms with Crippen molar-refractivity contribution in [2.24, 2.45) is 0 Å². The molecule has 1 N–H and O–H groups in total. The molecule has 0 bridgehead atoms. The lowest BCUT2D eigenvalue weighted by Gasteiger charge is -2.09. The molecular weight excluding hydrogens is 499 g/mol. The second-order valence-electron chi connectivity index (χ2n) is 7.57. The number of amides is 1. The third-order valence-electron chi connectivity index (χ3n) is 5.12. The van der Waals surface area contributed by atoms with Crippen LogP contribution in [0.5, 0.6) is 0 Å². The Balaban J connectivity index is 1.68. The van der Waals surface area contributed by atoms with Crippen molar-refractivity contribution in [3.05, 3.63) is 74.2 Å². The van der Waals surface area contributed by atoms with Gasteiger partial charge in [0, 0.05) is 10.7 Å². The lowest BCUT2D eigenvalue weighted by molar-refractivity contribution is -0.142. The molecule has 3 aromatic heterocycles. The molecule has 0 aliphatic heterocycles. The van der Waals surface area contributed by atoms with Crippen LogP contribution in [-0.4, -0.2) is 30.3 Å². The van der Waals surface area contributed by atoms with Gasteiger partial charge in [0.05, 0.1) is 23.6 Å². The maximum atomic E-state index is 13.5. The van der Waals surface area contributed by atoms with E-state index in [1.54, 1.807) is 18.5 Å². The summed E-state index contributed by atoms with van der Waals surface area (Å²) in [6.45, 7) is 4.91. The summed E-state index contributed by atoms with van der Waals surface area (Å²) in [5.74, 6) is -1.30. The van der Waals surface area contributed by atoms with E-state index < -0.39 is 29.3 Å². The number of halogens is 6. The van der Waals surface area contributed by atoms with E-state index in [9.17, 15) is 22.4 Å². The summed E-state index contributed by atoms with van der Waals surface area (Å²) in [6.07, 6.45) is -4.73. The number of aromatic nitrogens is 5. The summed E-state index contributed by atoms with van der Waals surface area (Å²) in [4.78, 5) is 16.9. The number of alkyl halides is 3. The molecular formula is C21H16Cl2F4N6O. The Kier molecular flexibility index (Phi) is 6.03. The standard InChI is InChI=1S/C21H16Cl2F4N6O/c1-9-6-15(21(25,26)27)33-19(28-9)16(23)18(31-33)20(34)29-17-10(2)30-32(11(17)3)8-12-4-5-13(24)7-14(12)22/h4-7H,8H2,1-3H3,(H,29,34). The van der Waals surface area contributed by atoms with E-state index >= 15 is 0 Å². The molecule has 0 spiro atoms. The Hall–Kier alpha value is -3.18. The summed E-state index contributed by atoms with van der Waals surface area (Å²) in [5.41, 5.74) is 0.179. The molecule has 0 saturated heterocycles. The third-order valence-corrected chi connectivity index (χ3v) is 5.82. The number of hydrogen-bond donors (Lipinski definition) is 1. The van der Waals surface area contributed by atoms with Gasteiger partial charge in [-0.25, -0.2) is 13.9 Å². The van der Waals surface area contributed by atoms with Gasteiger partial charge in [-0.3, -0.25) is 9.48 Å². The molecule has 1 amide bonds. The zero-order valence-electron chi connectivity index (χ0n) is 17.9. The van der Waals surface area contributed by atoms with Crippen LogP contribution in [0.3, 0.4) is 0 Å². The van der Waals surface area contributed by atoms with E-state index in [1.807, 2.05) is 0 Å². The second-order valence-corrected chi connectivity index (χ2v) is 8.36. The number of carbonyl (C=O) groups excluding carboxylic acids is 1. The smallest absolute Gasteiger partial charge is 0.317 e. The molecule has 0 atom stereocenters. The van der Waals surface area contributed by atoms with Gasteiger partial charge in [-0.05, 0) is 44.5 Å². The highest BCUT2D eigenvalue weighted by Gasteiger charge is 2.36. The Morgan fingerprint density at radius 2 is 1.82 bits per heavy atom. The molecule has 1 aromatic carbocycles. The first-order valence-electron chi connectivity index (χ1n) is 9.79. The molecule has 34 heavy (non-hydrogen) atoms. The number of nitrogens with zero attached hydrogens (tertiary/aromatic N) is 5. The van der Waals surface area contributed by atoms with Crippen molar-refractivity contribution in [2.75, 3.05) is 5.32 Å². The van der Waals surface area contributed by atoms with Crippen molar-refractivity contribution in [3.63, 3.8) is 0 Å². The van der Waals surface area contributed by atoms with Crippen LogP contribution in [0.25, 0.3) is 5.65 Å². The average Bonchev–Trinajstić information content (AvgIpc) is 3.20. The number of benzene rings is 1. The maximum absolute atomic E-state index is 13.5. The van der Waals surface area contributed by atoms with Gasteiger partial charge in [-0.1, -0.05) is 29.3 Å². The Bertz CT molecular complexity index is 1440. The fourth-order valence-electron chi connectivity index (χ4n) is 3.48. The van der Waals surface area contributed by atoms with Crippen molar-refractivity contribution in [3.8, 4) is 0 Å². The molecule has 178 valence electrons.